The fourth-order valence-corrected chi connectivity index (χ4v) is 5.62. The van der Waals surface area contributed by atoms with Crippen LogP contribution >= 0.6 is 0 Å². The van der Waals surface area contributed by atoms with Crippen molar-refractivity contribution in [2.24, 2.45) is 23.7 Å². The van der Waals surface area contributed by atoms with Gasteiger partial charge in [0.15, 0.2) is 0 Å². The SMILES string of the molecule is CCCCCCCCCCCCOC(=O)C1CCC(C2CCCC(C)C2)CC1. The number of hydrogen-bond donors (Lipinski definition) is 0. The quantitative estimate of drug-likeness (QED) is 0.234. The van der Waals surface area contributed by atoms with Gasteiger partial charge in [-0.1, -0.05) is 90.9 Å². The number of ether oxygens (including phenoxy) is 1. The number of carbonyl (C=O) groups is 1. The molecule has 2 atom stereocenters. The van der Waals surface area contributed by atoms with Crippen LogP contribution in [0.4, 0.5) is 0 Å². The second-order valence-electron chi connectivity index (χ2n) is 9.99. The highest BCUT2D eigenvalue weighted by Gasteiger charge is 2.33. The van der Waals surface area contributed by atoms with Crippen molar-refractivity contribution in [1.82, 2.24) is 0 Å². The molecule has 0 heterocycles. The van der Waals surface area contributed by atoms with Crippen molar-refractivity contribution in [2.45, 2.75) is 129 Å². The summed E-state index contributed by atoms with van der Waals surface area (Å²) in [6.45, 7) is 5.34. The Morgan fingerprint density at radius 1 is 0.750 bits per heavy atom. The molecule has 0 radical (unpaired) electrons. The first-order chi connectivity index (χ1) is 13.7. The maximum Gasteiger partial charge on any atom is 0.308 e. The van der Waals surface area contributed by atoms with Crippen molar-refractivity contribution in [3.8, 4) is 0 Å². The summed E-state index contributed by atoms with van der Waals surface area (Å²) in [4.78, 5) is 12.4. The van der Waals surface area contributed by atoms with E-state index in [-0.39, 0.29) is 11.9 Å². The first-order valence-corrected chi connectivity index (χ1v) is 12.9. The van der Waals surface area contributed by atoms with Gasteiger partial charge in [0.25, 0.3) is 0 Å². The van der Waals surface area contributed by atoms with E-state index < -0.39 is 0 Å². The van der Waals surface area contributed by atoms with E-state index >= 15 is 0 Å². The Balaban J connectivity index is 1.44. The normalized spacial score (nSPS) is 28.2. The van der Waals surface area contributed by atoms with Crippen LogP contribution in [0.15, 0.2) is 0 Å². The molecule has 2 heteroatoms. The van der Waals surface area contributed by atoms with E-state index in [2.05, 4.69) is 13.8 Å². The van der Waals surface area contributed by atoms with Crippen molar-refractivity contribution in [1.29, 1.82) is 0 Å². The molecule has 0 aromatic carbocycles. The van der Waals surface area contributed by atoms with Gasteiger partial charge < -0.3 is 4.74 Å². The van der Waals surface area contributed by atoms with Gasteiger partial charge in [-0.3, -0.25) is 4.79 Å². The van der Waals surface area contributed by atoms with Crippen molar-refractivity contribution in [3.63, 3.8) is 0 Å². The minimum atomic E-state index is 0.103. The summed E-state index contributed by atoms with van der Waals surface area (Å²) >= 11 is 0. The lowest BCUT2D eigenvalue weighted by Gasteiger charge is -2.37. The molecular formula is C26H48O2. The summed E-state index contributed by atoms with van der Waals surface area (Å²) in [6.07, 6.45) is 23.6. The highest BCUT2D eigenvalue weighted by atomic mass is 16.5. The zero-order valence-electron chi connectivity index (χ0n) is 19.1. The molecule has 28 heavy (non-hydrogen) atoms. The Morgan fingerprint density at radius 3 is 1.96 bits per heavy atom. The topological polar surface area (TPSA) is 26.3 Å². The summed E-state index contributed by atoms with van der Waals surface area (Å²) in [7, 11) is 0. The van der Waals surface area contributed by atoms with Crippen LogP contribution in [-0.2, 0) is 9.53 Å². The molecule has 164 valence electrons. The van der Waals surface area contributed by atoms with Crippen LogP contribution in [0.3, 0.4) is 0 Å². The van der Waals surface area contributed by atoms with Crippen molar-refractivity contribution >= 4 is 5.97 Å². The maximum absolute atomic E-state index is 12.4. The van der Waals surface area contributed by atoms with E-state index in [1.54, 1.807) is 0 Å². The highest BCUT2D eigenvalue weighted by molar-refractivity contribution is 5.72. The van der Waals surface area contributed by atoms with Crippen LogP contribution in [-0.4, -0.2) is 12.6 Å². The molecule has 2 rings (SSSR count). The van der Waals surface area contributed by atoms with Crippen LogP contribution in [0.2, 0.25) is 0 Å². The Morgan fingerprint density at radius 2 is 1.36 bits per heavy atom. The molecule has 0 aromatic rings. The van der Waals surface area contributed by atoms with Crippen LogP contribution in [0.1, 0.15) is 129 Å². The Kier molecular flexibility index (Phi) is 12.3. The zero-order chi connectivity index (χ0) is 20.0. The van der Waals surface area contributed by atoms with Gasteiger partial charge in [0, 0.05) is 0 Å². The van der Waals surface area contributed by atoms with Crippen LogP contribution in [0, 0.1) is 23.7 Å². The van der Waals surface area contributed by atoms with Gasteiger partial charge in [-0.05, 0) is 56.3 Å². The fourth-order valence-electron chi connectivity index (χ4n) is 5.62. The fraction of sp³-hybridized carbons (Fsp3) is 0.962. The van der Waals surface area contributed by atoms with E-state index in [1.165, 1.54) is 96.3 Å². The molecule has 0 aromatic heterocycles. The average molecular weight is 393 g/mol. The molecule has 2 aliphatic rings. The third kappa shape index (κ3) is 9.31. The number of hydrogen-bond acceptors (Lipinski definition) is 2. The Labute approximate surface area is 175 Å². The maximum atomic E-state index is 12.4. The standard InChI is InChI=1S/C26H48O2/c1-3-4-5-6-7-8-9-10-11-12-20-28-26(27)24-18-16-23(17-19-24)25-15-13-14-22(2)21-25/h22-25H,3-21H2,1-2H3. The van der Waals surface area contributed by atoms with E-state index in [1.807, 2.05) is 0 Å². The molecule has 0 N–H and O–H groups in total. The lowest BCUT2D eigenvalue weighted by molar-refractivity contribution is -0.150. The van der Waals surface area contributed by atoms with E-state index in [4.69, 9.17) is 4.74 Å². The number of rotatable bonds is 13. The second-order valence-corrected chi connectivity index (χ2v) is 9.99. The van der Waals surface area contributed by atoms with Gasteiger partial charge >= 0.3 is 5.97 Å². The monoisotopic (exact) mass is 392 g/mol. The van der Waals surface area contributed by atoms with Gasteiger partial charge in [0.05, 0.1) is 12.5 Å². The first kappa shape index (κ1) is 23.7. The molecule has 0 bridgehead atoms. The molecule has 0 aliphatic heterocycles. The molecule has 0 spiro atoms. The number of unbranched alkanes of at least 4 members (excludes halogenated alkanes) is 9. The van der Waals surface area contributed by atoms with E-state index in [0.29, 0.717) is 6.61 Å². The molecule has 0 saturated heterocycles. The highest BCUT2D eigenvalue weighted by Crippen LogP contribution is 2.41. The predicted molar refractivity (Wildman–Crippen MR) is 119 cm³/mol. The molecule has 2 saturated carbocycles. The second kappa shape index (κ2) is 14.5. The Hall–Kier alpha value is -0.530. The van der Waals surface area contributed by atoms with Gasteiger partial charge in [0.1, 0.15) is 0 Å². The first-order valence-electron chi connectivity index (χ1n) is 12.9. The lowest BCUT2D eigenvalue weighted by atomic mass is 9.69. The molecular weight excluding hydrogens is 344 g/mol. The summed E-state index contributed by atoms with van der Waals surface area (Å²) in [6, 6.07) is 0. The summed E-state index contributed by atoms with van der Waals surface area (Å²) in [5.41, 5.74) is 0. The molecule has 2 aliphatic carbocycles. The summed E-state index contributed by atoms with van der Waals surface area (Å²) in [5, 5.41) is 0. The average Bonchev–Trinajstić information content (AvgIpc) is 2.72. The molecule has 2 nitrogen and oxygen atoms in total. The van der Waals surface area contributed by atoms with Gasteiger partial charge in [-0.2, -0.15) is 0 Å². The van der Waals surface area contributed by atoms with Crippen molar-refractivity contribution in [3.05, 3.63) is 0 Å². The largest absolute Gasteiger partial charge is 0.465 e. The zero-order valence-corrected chi connectivity index (χ0v) is 19.1. The number of esters is 1. The van der Waals surface area contributed by atoms with Gasteiger partial charge in [-0.25, -0.2) is 0 Å². The smallest absolute Gasteiger partial charge is 0.308 e. The third-order valence-electron chi connectivity index (χ3n) is 7.49. The van der Waals surface area contributed by atoms with Crippen molar-refractivity contribution < 1.29 is 9.53 Å². The van der Waals surface area contributed by atoms with Crippen molar-refractivity contribution in [2.75, 3.05) is 6.61 Å². The molecule has 2 unspecified atom stereocenters. The van der Waals surface area contributed by atoms with E-state index in [0.717, 1.165) is 37.0 Å². The summed E-state index contributed by atoms with van der Waals surface area (Å²) in [5.74, 6) is 3.04. The van der Waals surface area contributed by atoms with E-state index in [9.17, 15) is 4.79 Å². The van der Waals surface area contributed by atoms with Crippen LogP contribution in [0.5, 0.6) is 0 Å². The molecule has 0 amide bonds. The Bertz CT molecular complexity index is 397. The minimum absolute atomic E-state index is 0.103. The third-order valence-corrected chi connectivity index (χ3v) is 7.49. The minimum Gasteiger partial charge on any atom is -0.465 e. The lowest BCUT2D eigenvalue weighted by Crippen LogP contribution is -2.29. The van der Waals surface area contributed by atoms with Crippen LogP contribution in [0.25, 0.3) is 0 Å². The summed E-state index contributed by atoms with van der Waals surface area (Å²) < 4.78 is 5.61. The van der Waals surface area contributed by atoms with Crippen LogP contribution < -0.4 is 0 Å². The predicted octanol–water partition coefficient (Wildman–Crippen LogP) is 8.08. The van der Waals surface area contributed by atoms with Gasteiger partial charge in [-0.15, -0.1) is 0 Å². The molecule has 2 fully saturated rings. The number of carbonyl (C=O) groups excluding carboxylic acids is 1. The van der Waals surface area contributed by atoms with Gasteiger partial charge in [0.2, 0.25) is 0 Å².